The number of carboxylic acid groups (broad SMARTS) is 1. The Balaban J connectivity index is 1.94. The quantitative estimate of drug-likeness (QED) is 0.854. The lowest BCUT2D eigenvalue weighted by molar-refractivity contribution is -0.139. The average Bonchev–Trinajstić information content (AvgIpc) is 2.46. The number of rotatable bonds is 6. The van der Waals surface area contributed by atoms with E-state index in [0.29, 0.717) is 11.4 Å². The second-order valence-electron chi connectivity index (χ2n) is 4.42. The number of carboxylic acids is 1. The summed E-state index contributed by atoms with van der Waals surface area (Å²) in [5, 5.41) is 11.3. The summed E-state index contributed by atoms with van der Waals surface area (Å²) in [5.74, 6) is -0.792. The molecule has 0 bridgehead atoms. The van der Waals surface area contributed by atoms with Crippen LogP contribution in [-0.4, -0.2) is 23.6 Å². The highest BCUT2D eigenvalue weighted by Crippen LogP contribution is 2.17. The first-order valence-corrected chi connectivity index (χ1v) is 6.42. The second-order valence-corrected chi connectivity index (χ2v) is 4.42. The van der Waals surface area contributed by atoms with Crippen LogP contribution in [0.3, 0.4) is 0 Å². The normalized spacial score (nSPS) is 9.90. The van der Waals surface area contributed by atoms with Gasteiger partial charge in [-0.1, -0.05) is 36.4 Å². The molecule has 21 heavy (non-hydrogen) atoms. The molecule has 2 rings (SSSR count). The molecule has 0 fully saturated rings. The van der Waals surface area contributed by atoms with Crippen molar-refractivity contribution in [1.82, 2.24) is 0 Å². The molecule has 108 valence electrons. The molecule has 0 heterocycles. The highest BCUT2D eigenvalue weighted by molar-refractivity contribution is 5.92. The summed E-state index contributed by atoms with van der Waals surface area (Å²) in [6, 6.07) is 16.0. The molecule has 5 heteroatoms. The van der Waals surface area contributed by atoms with E-state index in [1.54, 1.807) is 24.3 Å². The van der Waals surface area contributed by atoms with Crippen molar-refractivity contribution >= 4 is 17.6 Å². The predicted octanol–water partition coefficient (Wildman–Crippen LogP) is 2.33. The minimum absolute atomic E-state index is 0.142. The fraction of sp³-hybridized carbons (Fsp3) is 0.125. The van der Waals surface area contributed by atoms with Crippen LogP contribution in [0.2, 0.25) is 0 Å². The van der Waals surface area contributed by atoms with Gasteiger partial charge in [-0.3, -0.25) is 4.79 Å². The lowest BCUT2D eigenvalue weighted by Crippen LogP contribution is -2.14. The maximum atomic E-state index is 11.9. The Labute approximate surface area is 122 Å². The molecular formula is C16H15NO4. The van der Waals surface area contributed by atoms with E-state index in [9.17, 15) is 9.59 Å². The molecule has 0 spiro atoms. The van der Waals surface area contributed by atoms with Gasteiger partial charge in [0, 0.05) is 11.8 Å². The first-order chi connectivity index (χ1) is 10.1. The van der Waals surface area contributed by atoms with Gasteiger partial charge in [-0.05, 0) is 17.7 Å². The largest absolute Gasteiger partial charge is 0.482 e. The maximum absolute atomic E-state index is 11.9. The van der Waals surface area contributed by atoms with Gasteiger partial charge in [0.2, 0.25) is 5.91 Å². The molecule has 0 unspecified atom stereocenters. The van der Waals surface area contributed by atoms with Crippen molar-refractivity contribution in [2.45, 2.75) is 6.42 Å². The van der Waals surface area contributed by atoms with Crippen LogP contribution in [0.15, 0.2) is 54.6 Å². The standard InChI is InChI=1S/C16H15NO4/c18-15(9-12-5-2-1-3-6-12)17-13-7-4-8-14(10-13)21-11-16(19)20/h1-8,10H,9,11H2,(H,17,18)(H,19,20). The van der Waals surface area contributed by atoms with E-state index in [1.165, 1.54) is 0 Å². The molecule has 0 atom stereocenters. The average molecular weight is 285 g/mol. The van der Waals surface area contributed by atoms with Crippen LogP contribution in [0.5, 0.6) is 5.75 Å². The van der Waals surface area contributed by atoms with Crippen LogP contribution in [0.25, 0.3) is 0 Å². The summed E-state index contributed by atoms with van der Waals surface area (Å²) in [5.41, 5.74) is 1.49. The number of anilines is 1. The van der Waals surface area contributed by atoms with Crippen LogP contribution in [0.4, 0.5) is 5.69 Å². The summed E-state index contributed by atoms with van der Waals surface area (Å²) in [6.45, 7) is -0.415. The van der Waals surface area contributed by atoms with Crippen LogP contribution in [0.1, 0.15) is 5.56 Å². The molecule has 0 aliphatic heterocycles. The lowest BCUT2D eigenvalue weighted by Gasteiger charge is -2.08. The maximum Gasteiger partial charge on any atom is 0.341 e. The molecular weight excluding hydrogens is 270 g/mol. The summed E-state index contributed by atoms with van der Waals surface area (Å²) >= 11 is 0. The van der Waals surface area contributed by atoms with Gasteiger partial charge in [0.05, 0.1) is 6.42 Å². The van der Waals surface area contributed by atoms with Gasteiger partial charge < -0.3 is 15.2 Å². The van der Waals surface area contributed by atoms with Crippen LogP contribution in [-0.2, 0) is 16.0 Å². The van der Waals surface area contributed by atoms with Crippen molar-refractivity contribution in [2.24, 2.45) is 0 Å². The highest BCUT2D eigenvalue weighted by atomic mass is 16.5. The lowest BCUT2D eigenvalue weighted by atomic mass is 10.1. The zero-order valence-corrected chi connectivity index (χ0v) is 11.3. The second kappa shape index (κ2) is 7.09. The molecule has 0 saturated heterocycles. The smallest absolute Gasteiger partial charge is 0.341 e. The fourth-order valence-corrected chi connectivity index (χ4v) is 1.80. The van der Waals surface area contributed by atoms with Crippen LogP contribution >= 0.6 is 0 Å². The number of ether oxygens (including phenoxy) is 1. The van der Waals surface area contributed by atoms with Crippen molar-refractivity contribution in [1.29, 1.82) is 0 Å². The Kier molecular flexibility index (Phi) is 4.93. The number of hydrogen-bond acceptors (Lipinski definition) is 3. The van der Waals surface area contributed by atoms with E-state index >= 15 is 0 Å². The minimum Gasteiger partial charge on any atom is -0.482 e. The Morgan fingerprint density at radius 2 is 1.81 bits per heavy atom. The zero-order valence-electron chi connectivity index (χ0n) is 11.3. The highest BCUT2D eigenvalue weighted by Gasteiger charge is 2.05. The van der Waals surface area contributed by atoms with Gasteiger partial charge in [0.15, 0.2) is 6.61 Å². The number of aliphatic carboxylic acids is 1. The molecule has 2 N–H and O–H groups in total. The summed E-state index contributed by atoms with van der Waals surface area (Å²) in [4.78, 5) is 22.4. The topological polar surface area (TPSA) is 75.6 Å². The Morgan fingerprint density at radius 3 is 2.52 bits per heavy atom. The Hall–Kier alpha value is -2.82. The van der Waals surface area contributed by atoms with Gasteiger partial charge in [-0.2, -0.15) is 0 Å². The van der Waals surface area contributed by atoms with Crippen molar-refractivity contribution < 1.29 is 19.4 Å². The summed E-state index contributed by atoms with van der Waals surface area (Å²) in [6.07, 6.45) is 0.279. The van der Waals surface area contributed by atoms with E-state index < -0.39 is 12.6 Å². The first-order valence-electron chi connectivity index (χ1n) is 6.42. The third kappa shape index (κ3) is 4.99. The van der Waals surface area contributed by atoms with Gasteiger partial charge in [0.25, 0.3) is 0 Å². The fourth-order valence-electron chi connectivity index (χ4n) is 1.80. The van der Waals surface area contributed by atoms with Gasteiger partial charge in [0.1, 0.15) is 5.75 Å². The van der Waals surface area contributed by atoms with Crippen molar-refractivity contribution in [2.75, 3.05) is 11.9 Å². The summed E-state index contributed by atoms with van der Waals surface area (Å²) < 4.78 is 5.06. The Bertz CT molecular complexity index is 625. The van der Waals surface area contributed by atoms with Crippen LogP contribution in [0, 0.1) is 0 Å². The number of carbonyl (C=O) groups excluding carboxylic acids is 1. The molecule has 0 aliphatic rings. The van der Waals surface area contributed by atoms with Crippen molar-refractivity contribution in [3.05, 3.63) is 60.2 Å². The molecule has 0 radical (unpaired) electrons. The van der Waals surface area contributed by atoms with Gasteiger partial charge >= 0.3 is 5.97 Å². The third-order valence-electron chi connectivity index (χ3n) is 2.69. The molecule has 2 aromatic rings. The monoisotopic (exact) mass is 285 g/mol. The molecule has 0 aliphatic carbocycles. The predicted molar refractivity (Wildman–Crippen MR) is 78.3 cm³/mol. The van der Waals surface area contributed by atoms with Crippen molar-refractivity contribution in [3.63, 3.8) is 0 Å². The minimum atomic E-state index is -1.05. The zero-order chi connectivity index (χ0) is 15.1. The van der Waals surface area contributed by atoms with Gasteiger partial charge in [-0.25, -0.2) is 4.79 Å². The molecule has 1 amide bonds. The van der Waals surface area contributed by atoms with E-state index in [-0.39, 0.29) is 12.3 Å². The Morgan fingerprint density at radius 1 is 1.05 bits per heavy atom. The summed E-state index contributed by atoms with van der Waals surface area (Å²) in [7, 11) is 0. The van der Waals surface area contributed by atoms with Crippen LogP contribution < -0.4 is 10.1 Å². The number of nitrogens with one attached hydrogen (secondary N) is 1. The van der Waals surface area contributed by atoms with E-state index in [4.69, 9.17) is 9.84 Å². The SMILES string of the molecule is O=C(O)COc1cccc(NC(=O)Cc2ccccc2)c1. The van der Waals surface area contributed by atoms with E-state index in [0.717, 1.165) is 5.56 Å². The molecule has 0 saturated carbocycles. The number of benzene rings is 2. The molecule has 5 nitrogen and oxygen atoms in total. The number of carbonyl (C=O) groups is 2. The molecule has 0 aromatic heterocycles. The van der Waals surface area contributed by atoms with E-state index in [1.807, 2.05) is 30.3 Å². The number of amides is 1. The third-order valence-corrected chi connectivity index (χ3v) is 2.69. The van der Waals surface area contributed by atoms with Crippen molar-refractivity contribution in [3.8, 4) is 5.75 Å². The van der Waals surface area contributed by atoms with Gasteiger partial charge in [-0.15, -0.1) is 0 Å². The first kappa shape index (κ1) is 14.6. The van der Waals surface area contributed by atoms with E-state index in [2.05, 4.69) is 5.32 Å². The molecule has 2 aromatic carbocycles. The number of hydrogen-bond donors (Lipinski definition) is 2.